The summed E-state index contributed by atoms with van der Waals surface area (Å²) in [6.07, 6.45) is -0.883. The second-order valence-corrected chi connectivity index (χ2v) is 5.49. The second-order valence-electron chi connectivity index (χ2n) is 5.49. The van der Waals surface area contributed by atoms with Gasteiger partial charge < -0.3 is 29.4 Å². The Hall–Kier alpha value is -3.42. The van der Waals surface area contributed by atoms with Gasteiger partial charge in [0.15, 0.2) is 17.6 Å². The first-order valence-electron chi connectivity index (χ1n) is 8.00. The summed E-state index contributed by atoms with van der Waals surface area (Å²) < 4.78 is 21.0. The number of carboxylic acid groups (broad SMARTS) is 1. The lowest BCUT2D eigenvalue weighted by atomic mass is 10.1. The zero-order chi connectivity index (χ0) is 20.0. The van der Waals surface area contributed by atoms with Gasteiger partial charge in [-0.1, -0.05) is 6.07 Å². The molecule has 2 aromatic carbocycles. The largest absolute Gasteiger partial charge is 0.497 e. The maximum atomic E-state index is 12.5. The van der Waals surface area contributed by atoms with Gasteiger partial charge in [-0.2, -0.15) is 0 Å². The smallest absolute Gasteiger partial charge is 0.337 e. The molecule has 0 saturated heterocycles. The monoisotopic (exact) mass is 375 g/mol. The molecule has 0 aliphatic carbocycles. The van der Waals surface area contributed by atoms with Crippen molar-refractivity contribution in [2.75, 3.05) is 26.6 Å². The number of hydrogen-bond acceptors (Lipinski definition) is 6. The molecule has 2 rings (SSSR count). The molecule has 0 aliphatic rings. The Morgan fingerprint density at radius 2 is 1.59 bits per heavy atom. The van der Waals surface area contributed by atoms with Gasteiger partial charge >= 0.3 is 5.97 Å². The third kappa shape index (κ3) is 4.81. The first-order valence-corrected chi connectivity index (χ1v) is 8.00. The van der Waals surface area contributed by atoms with Gasteiger partial charge in [-0.15, -0.1) is 0 Å². The Balaban J connectivity index is 2.21. The molecule has 8 nitrogen and oxygen atoms in total. The van der Waals surface area contributed by atoms with Crippen molar-refractivity contribution in [2.24, 2.45) is 0 Å². The number of benzene rings is 2. The molecule has 1 unspecified atom stereocenters. The number of nitrogens with one attached hydrogen (secondary N) is 1. The standard InChI is InChI=1S/C19H21NO7/c1-11(27-13-7-5-6-12(8-13)24-2)18(21)20-15-10-17(26-4)16(25-3)9-14(15)19(22)23/h5-11H,1-4H3,(H,20,21)(H,22,23). The van der Waals surface area contributed by atoms with E-state index >= 15 is 0 Å². The van der Waals surface area contributed by atoms with Crippen LogP contribution in [0.25, 0.3) is 0 Å². The first-order chi connectivity index (χ1) is 12.9. The quantitative estimate of drug-likeness (QED) is 0.731. The fraction of sp³-hybridized carbons (Fsp3) is 0.263. The highest BCUT2D eigenvalue weighted by atomic mass is 16.5. The number of hydrogen-bond donors (Lipinski definition) is 2. The minimum atomic E-state index is -1.22. The van der Waals surface area contributed by atoms with E-state index in [0.29, 0.717) is 17.2 Å². The van der Waals surface area contributed by atoms with Crippen molar-refractivity contribution >= 4 is 17.6 Å². The molecule has 0 heterocycles. The molecule has 0 bridgehead atoms. The van der Waals surface area contributed by atoms with Crippen molar-refractivity contribution in [3.8, 4) is 23.0 Å². The number of carboxylic acids is 1. The Morgan fingerprint density at radius 1 is 0.963 bits per heavy atom. The molecule has 144 valence electrons. The summed E-state index contributed by atoms with van der Waals surface area (Å²) in [5.74, 6) is -0.163. The molecule has 0 spiro atoms. The van der Waals surface area contributed by atoms with Crippen LogP contribution in [0.1, 0.15) is 17.3 Å². The maximum absolute atomic E-state index is 12.5. The highest BCUT2D eigenvalue weighted by Crippen LogP contribution is 2.33. The van der Waals surface area contributed by atoms with E-state index < -0.39 is 18.0 Å². The summed E-state index contributed by atoms with van der Waals surface area (Å²) in [6.45, 7) is 1.55. The molecule has 2 aromatic rings. The predicted octanol–water partition coefficient (Wildman–Crippen LogP) is 2.82. The van der Waals surface area contributed by atoms with Crippen LogP contribution in [0.2, 0.25) is 0 Å². The minimum Gasteiger partial charge on any atom is -0.497 e. The van der Waals surface area contributed by atoms with E-state index in [4.69, 9.17) is 18.9 Å². The average molecular weight is 375 g/mol. The van der Waals surface area contributed by atoms with Crippen molar-refractivity contribution < 1.29 is 33.6 Å². The van der Waals surface area contributed by atoms with Crippen LogP contribution in [0.15, 0.2) is 36.4 Å². The van der Waals surface area contributed by atoms with E-state index in [1.165, 1.54) is 33.5 Å². The minimum absolute atomic E-state index is 0.0752. The van der Waals surface area contributed by atoms with Crippen LogP contribution in [0, 0.1) is 0 Å². The van der Waals surface area contributed by atoms with Crippen molar-refractivity contribution in [1.82, 2.24) is 0 Å². The van der Waals surface area contributed by atoms with Crippen molar-refractivity contribution in [3.05, 3.63) is 42.0 Å². The molecule has 1 amide bonds. The van der Waals surface area contributed by atoms with Crippen LogP contribution in [0.3, 0.4) is 0 Å². The van der Waals surface area contributed by atoms with E-state index in [2.05, 4.69) is 5.32 Å². The van der Waals surface area contributed by atoms with E-state index in [-0.39, 0.29) is 17.0 Å². The van der Waals surface area contributed by atoms with E-state index in [1.807, 2.05) is 0 Å². The summed E-state index contributed by atoms with van der Waals surface area (Å²) in [5, 5.41) is 12.0. The van der Waals surface area contributed by atoms with Gasteiger partial charge in [0, 0.05) is 18.2 Å². The first kappa shape index (κ1) is 19.9. The van der Waals surface area contributed by atoms with Crippen molar-refractivity contribution in [2.45, 2.75) is 13.0 Å². The molecular weight excluding hydrogens is 354 g/mol. The number of carbonyl (C=O) groups excluding carboxylic acids is 1. The Morgan fingerprint density at radius 3 is 2.19 bits per heavy atom. The van der Waals surface area contributed by atoms with Gasteiger partial charge in [-0.25, -0.2) is 4.79 Å². The normalized spacial score (nSPS) is 11.3. The summed E-state index contributed by atoms with van der Waals surface area (Å²) in [6, 6.07) is 9.48. The highest BCUT2D eigenvalue weighted by molar-refractivity contribution is 6.02. The number of rotatable bonds is 8. The maximum Gasteiger partial charge on any atom is 0.337 e. The van der Waals surface area contributed by atoms with Crippen LogP contribution in [-0.2, 0) is 4.79 Å². The second kappa shape index (κ2) is 8.79. The SMILES string of the molecule is COc1cccc(OC(C)C(=O)Nc2cc(OC)c(OC)cc2C(=O)O)c1. The van der Waals surface area contributed by atoms with Gasteiger partial charge in [0.05, 0.1) is 32.6 Å². The van der Waals surface area contributed by atoms with Gasteiger partial charge in [0.1, 0.15) is 11.5 Å². The molecule has 1 atom stereocenters. The Bertz CT molecular complexity index is 835. The third-order valence-corrected chi connectivity index (χ3v) is 3.74. The Kier molecular flexibility index (Phi) is 6.48. The summed E-state index contributed by atoms with van der Waals surface area (Å²) in [7, 11) is 4.34. The number of amides is 1. The molecule has 27 heavy (non-hydrogen) atoms. The van der Waals surface area contributed by atoms with Crippen LogP contribution in [0.4, 0.5) is 5.69 Å². The summed E-state index contributed by atoms with van der Waals surface area (Å²) in [4.78, 5) is 24.0. The van der Waals surface area contributed by atoms with Crippen molar-refractivity contribution in [3.63, 3.8) is 0 Å². The lowest BCUT2D eigenvalue weighted by molar-refractivity contribution is -0.122. The zero-order valence-electron chi connectivity index (χ0n) is 15.4. The summed E-state index contributed by atoms with van der Waals surface area (Å²) in [5.41, 5.74) is -0.0548. The number of anilines is 1. The number of ether oxygens (including phenoxy) is 4. The van der Waals surface area contributed by atoms with Crippen LogP contribution >= 0.6 is 0 Å². The van der Waals surface area contributed by atoms with E-state index in [1.54, 1.807) is 31.2 Å². The van der Waals surface area contributed by atoms with Gasteiger partial charge in [-0.3, -0.25) is 4.79 Å². The molecule has 0 aliphatic heterocycles. The van der Waals surface area contributed by atoms with Gasteiger partial charge in [-0.05, 0) is 19.1 Å². The molecule has 8 heteroatoms. The fourth-order valence-electron chi connectivity index (χ4n) is 2.33. The van der Waals surface area contributed by atoms with Crippen LogP contribution in [0.5, 0.6) is 23.0 Å². The number of methoxy groups -OCH3 is 3. The summed E-state index contributed by atoms with van der Waals surface area (Å²) >= 11 is 0. The fourth-order valence-corrected chi connectivity index (χ4v) is 2.33. The third-order valence-electron chi connectivity index (χ3n) is 3.74. The number of carbonyl (C=O) groups is 2. The molecule has 2 N–H and O–H groups in total. The Labute approximate surface area is 156 Å². The van der Waals surface area contributed by atoms with Crippen LogP contribution in [-0.4, -0.2) is 44.4 Å². The molecule has 0 radical (unpaired) electrons. The molecular formula is C19H21NO7. The van der Waals surface area contributed by atoms with Crippen molar-refractivity contribution in [1.29, 1.82) is 0 Å². The van der Waals surface area contributed by atoms with Crippen LogP contribution < -0.4 is 24.3 Å². The molecule has 0 saturated carbocycles. The molecule has 0 fully saturated rings. The zero-order valence-corrected chi connectivity index (χ0v) is 15.4. The highest BCUT2D eigenvalue weighted by Gasteiger charge is 2.21. The van der Waals surface area contributed by atoms with Gasteiger partial charge in [0.2, 0.25) is 0 Å². The lowest BCUT2D eigenvalue weighted by Crippen LogP contribution is -2.30. The van der Waals surface area contributed by atoms with Gasteiger partial charge in [0.25, 0.3) is 5.91 Å². The topological polar surface area (TPSA) is 103 Å². The van der Waals surface area contributed by atoms with E-state index in [9.17, 15) is 14.7 Å². The number of aromatic carboxylic acids is 1. The lowest BCUT2D eigenvalue weighted by Gasteiger charge is -2.17. The average Bonchev–Trinajstić information content (AvgIpc) is 2.67. The predicted molar refractivity (Wildman–Crippen MR) is 98.2 cm³/mol. The van der Waals surface area contributed by atoms with E-state index in [0.717, 1.165) is 0 Å². The molecule has 0 aromatic heterocycles.